The van der Waals surface area contributed by atoms with Crippen molar-refractivity contribution in [3.8, 4) is 0 Å². The second kappa shape index (κ2) is 5.05. The van der Waals surface area contributed by atoms with Crippen molar-refractivity contribution >= 4 is 15.5 Å². The summed E-state index contributed by atoms with van der Waals surface area (Å²) in [4.78, 5) is 0.313. The van der Waals surface area contributed by atoms with E-state index >= 15 is 0 Å². The predicted octanol–water partition coefficient (Wildman–Crippen LogP) is 2.86. The van der Waals surface area contributed by atoms with Crippen molar-refractivity contribution < 1.29 is 8.42 Å². The van der Waals surface area contributed by atoms with Crippen LogP contribution in [0.25, 0.3) is 0 Å². The monoisotopic (exact) mass is 275 g/mol. The molecule has 2 aromatic rings. The molecule has 0 saturated carbocycles. The summed E-state index contributed by atoms with van der Waals surface area (Å²) in [5.41, 5.74) is 8.79. The summed E-state index contributed by atoms with van der Waals surface area (Å²) in [6.45, 7) is 3.71. The van der Waals surface area contributed by atoms with Crippen LogP contribution >= 0.6 is 0 Å². The summed E-state index contributed by atoms with van der Waals surface area (Å²) >= 11 is 0. The van der Waals surface area contributed by atoms with Gasteiger partial charge in [0.05, 0.1) is 10.6 Å². The lowest BCUT2D eigenvalue weighted by molar-refractivity contribution is 0.594. The van der Waals surface area contributed by atoms with Crippen LogP contribution in [0.15, 0.2) is 47.4 Å². The van der Waals surface area contributed by atoms with Gasteiger partial charge < -0.3 is 5.73 Å². The first-order valence-electron chi connectivity index (χ1n) is 6.03. The summed E-state index contributed by atoms with van der Waals surface area (Å²) in [5, 5.41) is 0. The normalized spacial score (nSPS) is 11.5. The number of sulfone groups is 1. The zero-order valence-electron chi connectivity index (χ0n) is 11.1. The number of aryl methyl sites for hydroxylation is 1. The molecule has 0 radical (unpaired) electrons. The van der Waals surface area contributed by atoms with Crippen LogP contribution in [0.3, 0.4) is 0 Å². The fraction of sp³-hybridized carbons (Fsp3) is 0.200. The van der Waals surface area contributed by atoms with Gasteiger partial charge >= 0.3 is 0 Å². The molecule has 0 amide bonds. The number of nitrogens with two attached hydrogens (primary N) is 1. The highest BCUT2D eigenvalue weighted by Gasteiger charge is 2.18. The lowest BCUT2D eigenvalue weighted by Crippen LogP contribution is -2.08. The molecular weight excluding hydrogens is 258 g/mol. The van der Waals surface area contributed by atoms with E-state index in [1.54, 1.807) is 25.1 Å². The fourth-order valence-corrected chi connectivity index (χ4v) is 3.61. The maximum atomic E-state index is 12.4. The molecule has 0 saturated heterocycles. The molecule has 0 unspecified atom stereocenters. The van der Waals surface area contributed by atoms with Gasteiger partial charge in [-0.2, -0.15) is 0 Å². The Morgan fingerprint density at radius 3 is 2.26 bits per heavy atom. The Hall–Kier alpha value is -1.81. The van der Waals surface area contributed by atoms with Crippen LogP contribution in [0, 0.1) is 13.8 Å². The van der Waals surface area contributed by atoms with Crippen molar-refractivity contribution in [2.45, 2.75) is 24.5 Å². The van der Waals surface area contributed by atoms with Crippen LogP contribution < -0.4 is 5.73 Å². The van der Waals surface area contributed by atoms with Gasteiger partial charge in [0.2, 0.25) is 0 Å². The fourth-order valence-electron chi connectivity index (χ4n) is 1.95. The molecule has 3 nitrogen and oxygen atoms in total. The molecule has 0 fully saturated rings. The number of hydrogen-bond donors (Lipinski definition) is 1. The summed E-state index contributed by atoms with van der Waals surface area (Å²) in [6, 6.07) is 12.5. The van der Waals surface area contributed by atoms with E-state index in [-0.39, 0.29) is 5.75 Å². The molecule has 2 aromatic carbocycles. The van der Waals surface area contributed by atoms with Gasteiger partial charge in [0.1, 0.15) is 0 Å². The number of rotatable bonds is 3. The van der Waals surface area contributed by atoms with Crippen molar-refractivity contribution in [1.82, 2.24) is 0 Å². The molecule has 100 valence electrons. The standard InChI is InChI=1S/C15H17NO2S/c1-11-6-8-13(9-7-11)10-19(17,18)15-5-3-4-14(16)12(15)2/h3-9H,10,16H2,1-2H3. The first kappa shape index (κ1) is 13.6. The largest absolute Gasteiger partial charge is 0.398 e. The maximum absolute atomic E-state index is 12.4. The van der Waals surface area contributed by atoms with E-state index in [1.165, 1.54) is 0 Å². The Morgan fingerprint density at radius 2 is 1.63 bits per heavy atom. The van der Waals surface area contributed by atoms with Crippen molar-refractivity contribution in [3.05, 3.63) is 59.2 Å². The highest BCUT2D eigenvalue weighted by Crippen LogP contribution is 2.24. The highest BCUT2D eigenvalue weighted by molar-refractivity contribution is 7.90. The third-order valence-corrected chi connectivity index (χ3v) is 4.96. The van der Waals surface area contributed by atoms with E-state index in [9.17, 15) is 8.42 Å². The molecule has 0 aliphatic rings. The van der Waals surface area contributed by atoms with Gasteiger partial charge in [0.15, 0.2) is 9.84 Å². The van der Waals surface area contributed by atoms with Gasteiger partial charge in [-0.25, -0.2) is 8.42 Å². The van der Waals surface area contributed by atoms with Crippen LogP contribution in [0.2, 0.25) is 0 Å². The first-order chi connectivity index (χ1) is 8.90. The second-order valence-electron chi connectivity index (χ2n) is 4.72. The Balaban J connectivity index is 2.38. The van der Waals surface area contributed by atoms with Crippen LogP contribution in [-0.4, -0.2) is 8.42 Å². The number of benzene rings is 2. The van der Waals surface area contributed by atoms with Crippen molar-refractivity contribution in [3.63, 3.8) is 0 Å². The molecule has 2 rings (SSSR count). The third-order valence-electron chi connectivity index (χ3n) is 3.14. The minimum absolute atomic E-state index is 0.00241. The smallest absolute Gasteiger partial charge is 0.182 e. The third kappa shape index (κ3) is 2.96. The Kier molecular flexibility index (Phi) is 3.62. The van der Waals surface area contributed by atoms with Gasteiger partial charge in [-0.05, 0) is 37.1 Å². The Bertz CT molecular complexity index is 689. The van der Waals surface area contributed by atoms with Crippen LogP contribution in [0.5, 0.6) is 0 Å². The van der Waals surface area contributed by atoms with E-state index in [1.807, 2.05) is 31.2 Å². The molecule has 0 aliphatic carbocycles. The number of hydrogen-bond acceptors (Lipinski definition) is 3. The van der Waals surface area contributed by atoms with E-state index < -0.39 is 9.84 Å². The van der Waals surface area contributed by atoms with Crippen LogP contribution in [-0.2, 0) is 15.6 Å². The van der Waals surface area contributed by atoms with Gasteiger partial charge in [-0.15, -0.1) is 0 Å². The van der Waals surface area contributed by atoms with Crippen molar-refractivity contribution in [1.29, 1.82) is 0 Å². The lowest BCUT2D eigenvalue weighted by Gasteiger charge is -2.09. The van der Waals surface area contributed by atoms with Gasteiger partial charge in [0.25, 0.3) is 0 Å². The minimum atomic E-state index is -3.36. The molecule has 2 N–H and O–H groups in total. The molecule has 0 aromatic heterocycles. The molecule has 0 aliphatic heterocycles. The van der Waals surface area contributed by atoms with Crippen molar-refractivity contribution in [2.75, 3.05) is 5.73 Å². The Morgan fingerprint density at radius 1 is 1.00 bits per heavy atom. The average Bonchev–Trinajstić information content (AvgIpc) is 2.35. The highest BCUT2D eigenvalue weighted by atomic mass is 32.2. The van der Waals surface area contributed by atoms with E-state index in [2.05, 4.69) is 0 Å². The summed E-state index contributed by atoms with van der Waals surface area (Å²) in [5.74, 6) is -0.00241. The van der Waals surface area contributed by atoms with Gasteiger partial charge in [-0.3, -0.25) is 0 Å². The van der Waals surface area contributed by atoms with Gasteiger partial charge in [0, 0.05) is 5.69 Å². The zero-order valence-corrected chi connectivity index (χ0v) is 11.9. The molecule has 0 bridgehead atoms. The Labute approximate surface area is 114 Å². The molecule has 0 heterocycles. The molecule has 19 heavy (non-hydrogen) atoms. The predicted molar refractivity (Wildman–Crippen MR) is 77.7 cm³/mol. The average molecular weight is 275 g/mol. The quantitative estimate of drug-likeness (QED) is 0.876. The van der Waals surface area contributed by atoms with Crippen molar-refractivity contribution in [2.24, 2.45) is 0 Å². The maximum Gasteiger partial charge on any atom is 0.182 e. The zero-order chi connectivity index (χ0) is 14.0. The molecular formula is C15H17NO2S. The summed E-state index contributed by atoms with van der Waals surface area (Å²) < 4.78 is 24.8. The molecule has 4 heteroatoms. The molecule has 0 spiro atoms. The minimum Gasteiger partial charge on any atom is -0.398 e. The lowest BCUT2D eigenvalue weighted by atomic mass is 10.2. The number of anilines is 1. The summed E-state index contributed by atoms with van der Waals surface area (Å²) in [6.07, 6.45) is 0. The van der Waals surface area contributed by atoms with E-state index in [0.717, 1.165) is 11.1 Å². The van der Waals surface area contributed by atoms with E-state index in [0.29, 0.717) is 16.1 Å². The topological polar surface area (TPSA) is 60.2 Å². The first-order valence-corrected chi connectivity index (χ1v) is 7.69. The SMILES string of the molecule is Cc1ccc(CS(=O)(=O)c2cccc(N)c2C)cc1. The van der Waals surface area contributed by atoms with Gasteiger partial charge in [-0.1, -0.05) is 35.9 Å². The number of nitrogen functional groups attached to an aromatic ring is 1. The van der Waals surface area contributed by atoms with Crippen LogP contribution in [0.1, 0.15) is 16.7 Å². The van der Waals surface area contributed by atoms with E-state index in [4.69, 9.17) is 5.73 Å². The second-order valence-corrected chi connectivity index (χ2v) is 6.67. The summed E-state index contributed by atoms with van der Waals surface area (Å²) in [7, 11) is -3.36. The molecule has 0 atom stereocenters. The van der Waals surface area contributed by atoms with Crippen LogP contribution in [0.4, 0.5) is 5.69 Å².